The number of morpholine rings is 1. The van der Waals surface area contributed by atoms with Crippen LogP contribution in [0.4, 0.5) is 10.6 Å². The van der Waals surface area contributed by atoms with Gasteiger partial charge in [-0.2, -0.15) is 0 Å². The predicted molar refractivity (Wildman–Crippen MR) is 130 cm³/mol. The molecule has 3 N–H and O–H groups in total. The van der Waals surface area contributed by atoms with Crippen molar-refractivity contribution in [3.63, 3.8) is 0 Å². The second kappa shape index (κ2) is 9.42. The van der Waals surface area contributed by atoms with Crippen molar-refractivity contribution in [2.24, 2.45) is 0 Å². The fourth-order valence-electron chi connectivity index (χ4n) is 5.09. The number of aromatic nitrogens is 3. The first-order valence-electron chi connectivity index (χ1n) is 12.4. The first-order valence-corrected chi connectivity index (χ1v) is 12.4. The Labute approximate surface area is 210 Å². The third-order valence-corrected chi connectivity index (χ3v) is 6.58. The summed E-state index contributed by atoms with van der Waals surface area (Å²) < 4.78 is 32.2. The lowest BCUT2D eigenvalue weighted by Crippen LogP contribution is -2.54. The van der Waals surface area contributed by atoms with Gasteiger partial charge in [-0.05, 0) is 40.7 Å². The topological polar surface area (TPSA) is 135 Å². The summed E-state index contributed by atoms with van der Waals surface area (Å²) in [4.78, 5) is 23.0. The molecule has 3 fully saturated rings. The van der Waals surface area contributed by atoms with Crippen molar-refractivity contribution in [1.82, 2.24) is 24.8 Å². The van der Waals surface area contributed by atoms with Crippen molar-refractivity contribution in [2.75, 3.05) is 38.6 Å². The van der Waals surface area contributed by atoms with E-state index < -0.39 is 23.7 Å². The zero-order valence-corrected chi connectivity index (χ0v) is 21.5. The van der Waals surface area contributed by atoms with Crippen molar-refractivity contribution in [2.45, 2.75) is 76.6 Å². The van der Waals surface area contributed by atoms with Crippen LogP contribution in [0.15, 0.2) is 18.6 Å². The number of carbonyl (C=O) groups excluding carboxylic acids is 1. The van der Waals surface area contributed by atoms with Gasteiger partial charge in [-0.3, -0.25) is 4.90 Å². The minimum absolute atomic E-state index is 0.0253. The molecule has 12 heteroatoms. The maximum atomic E-state index is 12.2. The van der Waals surface area contributed by atoms with Gasteiger partial charge in [0.2, 0.25) is 0 Å². The molecular weight excluding hydrogens is 468 g/mol. The number of anilines is 1. The van der Waals surface area contributed by atoms with Crippen molar-refractivity contribution in [3.8, 4) is 0 Å². The van der Waals surface area contributed by atoms with Crippen molar-refractivity contribution in [3.05, 3.63) is 18.6 Å². The Balaban J connectivity index is 1.32. The van der Waals surface area contributed by atoms with E-state index in [1.807, 2.05) is 51.4 Å². The molecule has 3 aliphatic rings. The summed E-state index contributed by atoms with van der Waals surface area (Å²) >= 11 is 0. The lowest BCUT2D eigenvalue weighted by atomic mass is 10.1. The van der Waals surface area contributed by atoms with E-state index in [9.17, 15) is 4.79 Å². The normalized spacial score (nSPS) is 30.4. The van der Waals surface area contributed by atoms with Crippen LogP contribution in [-0.4, -0.2) is 94.1 Å². The number of nitrogens with one attached hydrogen (secondary N) is 1. The largest absolute Gasteiger partial charge is 0.444 e. The molecule has 5 heterocycles. The van der Waals surface area contributed by atoms with Crippen molar-refractivity contribution in [1.29, 1.82) is 0 Å². The van der Waals surface area contributed by atoms with Crippen LogP contribution in [0.5, 0.6) is 0 Å². The molecule has 3 aliphatic heterocycles. The quantitative estimate of drug-likeness (QED) is 0.619. The lowest BCUT2D eigenvalue weighted by Gasteiger charge is -2.37. The highest BCUT2D eigenvalue weighted by Gasteiger charge is 2.56. The number of hydrogen-bond donors (Lipinski definition) is 2. The molecule has 0 saturated carbocycles. The van der Waals surface area contributed by atoms with E-state index in [0.717, 1.165) is 5.39 Å². The molecule has 1 amide bonds. The Kier molecular flexibility index (Phi) is 6.58. The molecule has 0 spiro atoms. The van der Waals surface area contributed by atoms with Crippen LogP contribution in [0.1, 0.15) is 40.8 Å². The number of fused-ring (bicyclic) bond motifs is 2. The molecule has 1 unspecified atom stereocenters. The maximum Gasteiger partial charge on any atom is 0.407 e. The number of nitrogens with two attached hydrogens (primary N) is 1. The maximum absolute atomic E-state index is 12.2. The summed E-state index contributed by atoms with van der Waals surface area (Å²) in [7, 11) is 0. The van der Waals surface area contributed by atoms with Gasteiger partial charge in [-0.15, -0.1) is 0 Å². The number of ether oxygens (including phenoxy) is 5. The highest BCUT2D eigenvalue weighted by atomic mass is 16.8. The second-order valence-corrected chi connectivity index (χ2v) is 11.0. The molecule has 5 rings (SSSR count). The third-order valence-electron chi connectivity index (χ3n) is 6.58. The Morgan fingerprint density at radius 3 is 2.83 bits per heavy atom. The number of carbonyl (C=O) groups is 1. The molecule has 36 heavy (non-hydrogen) atoms. The Morgan fingerprint density at radius 1 is 1.28 bits per heavy atom. The van der Waals surface area contributed by atoms with Crippen molar-refractivity contribution >= 4 is 22.9 Å². The standard InChI is InChI=1S/C24H36N6O6/c1-23(2,3)36-22(31)26-10-14-12-32-9-8-29(14)11-16-17-18(35-24(4,5)34-17)21(33-16)30-7-6-15-19(25)27-13-28-20(15)30/h6-7,13-14,16-18,21H,8-12H2,1-5H3,(H,26,31)(H2,25,27,28)/t14-,16+,17+,18+,21?/m0/s1. The number of amides is 1. The summed E-state index contributed by atoms with van der Waals surface area (Å²) in [6.45, 7) is 12.2. The monoisotopic (exact) mass is 504 g/mol. The van der Waals surface area contributed by atoms with Gasteiger partial charge in [0.15, 0.2) is 12.0 Å². The van der Waals surface area contributed by atoms with Gasteiger partial charge in [-0.1, -0.05) is 0 Å². The Bertz CT molecular complexity index is 1100. The molecule has 0 aliphatic carbocycles. The summed E-state index contributed by atoms with van der Waals surface area (Å²) in [5.41, 5.74) is 6.18. The zero-order chi connectivity index (χ0) is 25.7. The molecule has 2 aromatic heterocycles. The average molecular weight is 505 g/mol. The van der Waals surface area contributed by atoms with Crippen LogP contribution >= 0.6 is 0 Å². The number of rotatable bonds is 5. The summed E-state index contributed by atoms with van der Waals surface area (Å²) in [6, 6.07) is 1.86. The number of nitrogens with zero attached hydrogens (tertiary/aromatic N) is 4. The SMILES string of the molecule is CC(C)(C)OC(=O)NC[C@H]1COCCN1C[C@H]1OC(n2ccc3c(N)ncnc32)[C@@H]2OC(C)(C)O[C@H]12. The van der Waals surface area contributed by atoms with E-state index in [1.165, 1.54) is 6.33 Å². The van der Waals surface area contributed by atoms with E-state index in [-0.39, 0.29) is 24.4 Å². The molecular formula is C24H36N6O6. The van der Waals surface area contributed by atoms with Gasteiger partial charge in [0, 0.05) is 25.8 Å². The van der Waals surface area contributed by atoms with Crippen LogP contribution in [0.25, 0.3) is 11.0 Å². The molecule has 0 aromatic carbocycles. The predicted octanol–water partition coefficient (Wildman–Crippen LogP) is 1.66. The lowest BCUT2D eigenvalue weighted by molar-refractivity contribution is -0.199. The zero-order valence-electron chi connectivity index (χ0n) is 21.5. The van der Waals surface area contributed by atoms with Gasteiger partial charge in [0.05, 0.1) is 24.6 Å². The van der Waals surface area contributed by atoms with Gasteiger partial charge in [-0.25, -0.2) is 14.8 Å². The molecule has 12 nitrogen and oxygen atoms in total. The Hall–Kier alpha value is -2.51. The van der Waals surface area contributed by atoms with Crippen LogP contribution in [0.3, 0.4) is 0 Å². The van der Waals surface area contributed by atoms with Gasteiger partial charge >= 0.3 is 6.09 Å². The van der Waals surface area contributed by atoms with E-state index >= 15 is 0 Å². The van der Waals surface area contributed by atoms with Crippen LogP contribution in [0.2, 0.25) is 0 Å². The smallest absolute Gasteiger partial charge is 0.407 e. The van der Waals surface area contributed by atoms with Crippen LogP contribution < -0.4 is 11.1 Å². The van der Waals surface area contributed by atoms with Gasteiger partial charge in [0.25, 0.3) is 0 Å². The third kappa shape index (κ3) is 5.14. The molecule has 0 radical (unpaired) electrons. The van der Waals surface area contributed by atoms with Crippen LogP contribution in [0, 0.1) is 0 Å². The van der Waals surface area contributed by atoms with E-state index in [1.54, 1.807) is 0 Å². The highest BCUT2D eigenvalue weighted by molar-refractivity contribution is 5.86. The van der Waals surface area contributed by atoms with E-state index in [4.69, 9.17) is 29.4 Å². The van der Waals surface area contributed by atoms with Crippen LogP contribution in [-0.2, 0) is 23.7 Å². The fourth-order valence-corrected chi connectivity index (χ4v) is 5.09. The fraction of sp³-hybridized carbons (Fsp3) is 0.708. The molecule has 198 valence electrons. The summed E-state index contributed by atoms with van der Waals surface area (Å²) in [5, 5.41) is 3.63. The molecule has 5 atom stereocenters. The van der Waals surface area contributed by atoms with Gasteiger partial charge < -0.3 is 39.3 Å². The van der Waals surface area contributed by atoms with Gasteiger partial charge in [0.1, 0.15) is 41.7 Å². The highest BCUT2D eigenvalue weighted by Crippen LogP contribution is 2.44. The minimum Gasteiger partial charge on any atom is -0.444 e. The minimum atomic E-state index is -0.741. The molecule has 3 saturated heterocycles. The van der Waals surface area contributed by atoms with Crippen molar-refractivity contribution < 1.29 is 28.5 Å². The first kappa shape index (κ1) is 25.2. The number of hydrogen-bond acceptors (Lipinski definition) is 10. The summed E-state index contributed by atoms with van der Waals surface area (Å²) in [5.74, 6) is -0.322. The number of alkyl carbamates (subject to hydrolysis) is 1. The second-order valence-electron chi connectivity index (χ2n) is 11.0. The molecule has 2 aromatic rings. The Morgan fingerprint density at radius 2 is 2.06 bits per heavy atom. The molecule has 0 bridgehead atoms. The number of nitrogen functional groups attached to an aromatic ring is 1. The average Bonchev–Trinajstić information content (AvgIpc) is 3.44. The van der Waals surface area contributed by atoms with E-state index in [0.29, 0.717) is 44.3 Å². The summed E-state index contributed by atoms with van der Waals surface area (Å²) in [6.07, 6.45) is 1.61. The first-order chi connectivity index (χ1) is 17.0. The van der Waals surface area contributed by atoms with E-state index in [2.05, 4.69) is 20.2 Å².